The number of ether oxygens (including phenoxy) is 3. The summed E-state index contributed by atoms with van der Waals surface area (Å²) in [6.45, 7) is 2.02. The van der Waals surface area contributed by atoms with E-state index in [9.17, 15) is 13.2 Å². The second kappa shape index (κ2) is 12.7. The SMILES string of the molecule is CCOc1ccc(/C=N\NC(=O)CN(Cc2ccccc2)S(=O)(=O)c2ccc(OC)c(OC)c2)cc1. The minimum Gasteiger partial charge on any atom is -0.494 e. The lowest BCUT2D eigenvalue weighted by Gasteiger charge is -2.22. The number of carbonyl (C=O) groups is 1. The third-order valence-corrected chi connectivity index (χ3v) is 6.90. The van der Waals surface area contributed by atoms with Crippen LogP contribution in [0, 0.1) is 0 Å². The number of hydrogen-bond donors (Lipinski definition) is 1. The van der Waals surface area contributed by atoms with Crippen LogP contribution in [-0.4, -0.2) is 52.2 Å². The average molecular weight is 512 g/mol. The molecule has 1 amide bonds. The van der Waals surface area contributed by atoms with Gasteiger partial charge in [0, 0.05) is 12.6 Å². The van der Waals surface area contributed by atoms with Gasteiger partial charge in [-0.1, -0.05) is 30.3 Å². The Hall–Kier alpha value is -3.89. The summed E-state index contributed by atoms with van der Waals surface area (Å²) < 4.78 is 44.0. The van der Waals surface area contributed by atoms with E-state index in [2.05, 4.69) is 10.5 Å². The minimum absolute atomic E-state index is 0.00641. The van der Waals surface area contributed by atoms with Gasteiger partial charge in [0.1, 0.15) is 5.75 Å². The van der Waals surface area contributed by atoms with Crippen molar-refractivity contribution in [2.75, 3.05) is 27.4 Å². The van der Waals surface area contributed by atoms with Gasteiger partial charge in [-0.15, -0.1) is 0 Å². The van der Waals surface area contributed by atoms with E-state index in [-0.39, 0.29) is 17.2 Å². The molecule has 0 aromatic heterocycles. The Morgan fingerprint density at radius 2 is 1.67 bits per heavy atom. The van der Waals surface area contributed by atoms with E-state index in [1.807, 2.05) is 13.0 Å². The quantitative estimate of drug-likeness (QED) is 0.295. The summed E-state index contributed by atoms with van der Waals surface area (Å²) in [4.78, 5) is 12.7. The maximum atomic E-state index is 13.5. The smallest absolute Gasteiger partial charge is 0.255 e. The zero-order chi connectivity index (χ0) is 26.0. The zero-order valence-corrected chi connectivity index (χ0v) is 21.2. The van der Waals surface area contributed by atoms with Gasteiger partial charge >= 0.3 is 0 Å². The standard InChI is InChI=1S/C26H29N3O6S/c1-4-35-22-12-10-20(11-13-22)17-27-28-26(30)19-29(18-21-8-6-5-7-9-21)36(31,32)23-14-15-24(33-2)25(16-23)34-3/h5-17H,4,18-19H2,1-3H3,(H,28,30)/b27-17-. The number of amides is 1. The van der Waals surface area contributed by atoms with Gasteiger partial charge in [0.15, 0.2) is 11.5 Å². The Bertz CT molecular complexity index is 1280. The lowest BCUT2D eigenvalue weighted by atomic mass is 10.2. The summed E-state index contributed by atoms with van der Waals surface area (Å²) >= 11 is 0. The number of hydrogen-bond acceptors (Lipinski definition) is 7. The summed E-state index contributed by atoms with van der Waals surface area (Å²) in [5.41, 5.74) is 3.88. The number of methoxy groups -OCH3 is 2. The molecule has 3 aromatic carbocycles. The van der Waals surface area contributed by atoms with Gasteiger partial charge in [-0.25, -0.2) is 13.8 Å². The number of rotatable bonds is 12. The molecule has 0 aliphatic carbocycles. The minimum atomic E-state index is -4.07. The Kier molecular flexibility index (Phi) is 9.43. The number of benzene rings is 3. The van der Waals surface area contributed by atoms with Crippen LogP contribution in [0.4, 0.5) is 0 Å². The van der Waals surface area contributed by atoms with Crippen molar-refractivity contribution >= 4 is 22.1 Å². The summed E-state index contributed by atoms with van der Waals surface area (Å²) in [7, 11) is -1.18. The van der Waals surface area contributed by atoms with Crippen LogP contribution in [0.2, 0.25) is 0 Å². The number of nitrogens with zero attached hydrogens (tertiary/aromatic N) is 2. The number of carbonyl (C=O) groups excluding carboxylic acids is 1. The highest BCUT2D eigenvalue weighted by Gasteiger charge is 2.28. The Balaban J connectivity index is 1.78. The van der Waals surface area contributed by atoms with Gasteiger partial charge in [-0.2, -0.15) is 9.41 Å². The molecule has 1 N–H and O–H groups in total. The maximum absolute atomic E-state index is 13.5. The molecule has 3 aromatic rings. The molecule has 0 heterocycles. The fourth-order valence-corrected chi connectivity index (χ4v) is 4.73. The molecule has 0 aliphatic heterocycles. The van der Waals surface area contributed by atoms with Crippen molar-refractivity contribution in [1.29, 1.82) is 0 Å². The summed E-state index contributed by atoms with van der Waals surface area (Å²) in [5.74, 6) is 0.808. The molecule has 0 radical (unpaired) electrons. The van der Waals surface area contributed by atoms with E-state index >= 15 is 0 Å². The van der Waals surface area contributed by atoms with E-state index in [4.69, 9.17) is 14.2 Å². The predicted molar refractivity (Wildman–Crippen MR) is 137 cm³/mol. The molecule has 0 saturated heterocycles. The van der Waals surface area contributed by atoms with Crippen LogP contribution in [0.3, 0.4) is 0 Å². The number of sulfonamides is 1. The number of hydrazone groups is 1. The highest BCUT2D eigenvalue weighted by atomic mass is 32.2. The van der Waals surface area contributed by atoms with Gasteiger partial charge in [0.05, 0.1) is 38.5 Å². The third kappa shape index (κ3) is 7.06. The molecule has 3 rings (SSSR count). The Morgan fingerprint density at radius 3 is 2.31 bits per heavy atom. The Labute approximate surface area is 211 Å². The van der Waals surface area contributed by atoms with E-state index in [0.29, 0.717) is 12.4 Å². The molecule has 10 heteroatoms. The first-order chi connectivity index (χ1) is 17.4. The van der Waals surface area contributed by atoms with E-state index in [1.165, 1.54) is 38.6 Å². The van der Waals surface area contributed by atoms with Gasteiger partial charge in [-0.3, -0.25) is 4.79 Å². The molecule has 0 unspecified atom stereocenters. The van der Waals surface area contributed by atoms with Crippen molar-refractivity contribution in [3.8, 4) is 17.2 Å². The van der Waals surface area contributed by atoms with Crippen molar-refractivity contribution in [3.63, 3.8) is 0 Å². The van der Waals surface area contributed by atoms with Crippen LogP contribution in [0.15, 0.2) is 82.8 Å². The molecular formula is C26H29N3O6S. The van der Waals surface area contributed by atoms with Crippen LogP contribution < -0.4 is 19.6 Å². The number of nitrogens with one attached hydrogen (secondary N) is 1. The molecule has 36 heavy (non-hydrogen) atoms. The van der Waals surface area contributed by atoms with Crippen LogP contribution in [0.5, 0.6) is 17.2 Å². The lowest BCUT2D eigenvalue weighted by Crippen LogP contribution is -2.39. The molecule has 0 atom stereocenters. The first-order valence-electron chi connectivity index (χ1n) is 11.2. The van der Waals surface area contributed by atoms with Crippen LogP contribution in [-0.2, 0) is 21.4 Å². The van der Waals surface area contributed by atoms with Crippen molar-refractivity contribution in [2.24, 2.45) is 5.10 Å². The highest BCUT2D eigenvalue weighted by molar-refractivity contribution is 7.89. The van der Waals surface area contributed by atoms with E-state index in [1.54, 1.807) is 48.5 Å². The summed E-state index contributed by atoms with van der Waals surface area (Å²) in [6, 6.07) is 20.5. The topological polar surface area (TPSA) is 107 Å². The summed E-state index contributed by atoms with van der Waals surface area (Å²) in [5, 5.41) is 3.96. The van der Waals surface area contributed by atoms with Gasteiger partial charge in [0.25, 0.3) is 5.91 Å². The predicted octanol–water partition coefficient (Wildman–Crippen LogP) is 3.44. The van der Waals surface area contributed by atoms with E-state index in [0.717, 1.165) is 21.2 Å². The molecule has 9 nitrogen and oxygen atoms in total. The van der Waals surface area contributed by atoms with Crippen LogP contribution >= 0.6 is 0 Å². The Morgan fingerprint density at radius 1 is 0.972 bits per heavy atom. The van der Waals surface area contributed by atoms with E-state index < -0.39 is 22.5 Å². The maximum Gasteiger partial charge on any atom is 0.255 e. The molecule has 0 aliphatic rings. The molecule has 0 bridgehead atoms. The van der Waals surface area contributed by atoms with Crippen LogP contribution in [0.25, 0.3) is 0 Å². The van der Waals surface area contributed by atoms with Crippen LogP contribution in [0.1, 0.15) is 18.1 Å². The molecule has 0 saturated carbocycles. The van der Waals surface area contributed by atoms with Crippen molar-refractivity contribution in [3.05, 3.63) is 83.9 Å². The lowest BCUT2D eigenvalue weighted by molar-refractivity contribution is -0.121. The second-order valence-corrected chi connectivity index (χ2v) is 9.51. The largest absolute Gasteiger partial charge is 0.494 e. The summed E-state index contributed by atoms with van der Waals surface area (Å²) in [6.07, 6.45) is 1.47. The zero-order valence-electron chi connectivity index (χ0n) is 20.4. The van der Waals surface area contributed by atoms with Gasteiger partial charge in [-0.05, 0) is 54.4 Å². The molecule has 190 valence electrons. The molecule has 0 spiro atoms. The van der Waals surface area contributed by atoms with Crippen molar-refractivity contribution < 1.29 is 27.4 Å². The fourth-order valence-electron chi connectivity index (χ4n) is 3.33. The fraction of sp³-hybridized carbons (Fsp3) is 0.231. The van der Waals surface area contributed by atoms with Crippen molar-refractivity contribution in [2.45, 2.75) is 18.4 Å². The van der Waals surface area contributed by atoms with Gasteiger partial charge < -0.3 is 14.2 Å². The molecule has 0 fully saturated rings. The second-order valence-electron chi connectivity index (χ2n) is 7.57. The monoisotopic (exact) mass is 511 g/mol. The highest BCUT2D eigenvalue weighted by Crippen LogP contribution is 2.31. The molecular weight excluding hydrogens is 482 g/mol. The normalized spacial score (nSPS) is 11.4. The first-order valence-corrected chi connectivity index (χ1v) is 12.6. The van der Waals surface area contributed by atoms with Crippen molar-refractivity contribution in [1.82, 2.24) is 9.73 Å². The van der Waals surface area contributed by atoms with Gasteiger partial charge in [0.2, 0.25) is 10.0 Å². The average Bonchev–Trinajstić information content (AvgIpc) is 2.89. The first kappa shape index (κ1) is 26.7. The third-order valence-electron chi connectivity index (χ3n) is 5.11.